The van der Waals surface area contributed by atoms with Crippen LogP contribution in [0.1, 0.15) is 26.2 Å². The highest BCUT2D eigenvalue weighted by atomic mass is 16.5. The van der Waals surface area contributed by atoms with Crippen LogP contribution in [0.2, 0.25) is 0 Å². The fourth-order valence-corrected chi connectivity index (χ4v) is 3.47. The summed E-state index contributed by atoms with van der Waals surface area (Å²) in [6, 6.07) is 0. The van der Waals surface area contributed by atoms with Gasteiger partial charge < -0.3 is 9.84 Å². The second-order valence-electron chi connectivity index (χ2n) is 4.80. The number of fused-ring (bicyclic) bond motifs is 1. The molecular formula is C13H18O3. The summed E-state index contributed by atoms with van der Waals surface area (Å²) in [7, 11) is 1.57. The van der Waals surface area contributed by atoms with Gasteiger partial charge in [0.05, 0.1) is 12.0 Å². The van der Waals surface area contributed by atoms with E-state index in [0.717, 1.165) is 6.42 Å². The molecule has 2 aliphatic carbocycles. The summed E-state index contributed by atoms with van der Waals surface area (Å²) in [4.78, 5) is 12.1. The maximum absolute atomic E-state index is 12.1. The largest absolute Gasteiger partial charge is 0.392 e. The molecule has 0 aliphatic heterocycles. The molecule has 0 heterocycles. The van der Waals surface area contributed by atoms with Crippen LogP contribution < -0.4 is 0 Å². The van der Waals surface area contributed by atoms with E-state index in [4.69, 9.17) is 11.2 Å². The van der Waals surface area contributed by atoms with Gasteiger partial charge in [0.25, 0.3) is 0 Å². The van der Waals surface area contributed by atoms with E-state index in [1.807, 2.05) is 6.92 Å². The standard InChI is InChI=1S/C13H18O3/c1-4-8-10(14)6-7-13(16-3)11(8)9(5-2)12(13)15/h1,8-11,14H,5-7H2,2-3H3. The number of terminal acetylenes is 1. The lowest BCUT2D eigenvalue weighted by molar-refractivity contribution is -0.207. The Labute approximate surface area is 96.2 Å². The minimum Gasteiger partial charge on any atom is -0.392 e. The minimum absolute atomic E-state index is 0.00347. The number of hydrogen-bond donors (Lipinski definition) is 1. The van der Waals surface area contributed by atoms with Crippen molar-refractivity contribution in [2.75, 3.05) is 7.11 Å². The Bertz CT molecular complexity index is 344. The van der Waals surface area contributed by atoms with Gasteiger partial charge in [-0.15, -0.1) is 12.3 Å². The third-order valence-corrected chi connectivity index (χ3v) is 4.34. The SMILES string of the molecule is C#CC1C(O)CCC2(OC)C(=O)C(CC)C12. The normalized spacial score (nSPS) is 46.8. The van der Waals surface area contributed by atoms with Crippen molar-refractivity contribution in [1.29, 1.82) is 0 Å². The average molecular weight is 222 g/mol. The maximum Gasteiger partial charge on any atom is 0.168 e. The Morgan fingerprint density at radius 3 is 2.88 bits per heavy atom. The molecule has 0 aromatic heterocycles. The van der Waals surface area contributed by atoms with Gasteiger partial charge in [-0.05, 0) is 19.3 Å². The molecular weight excluding hydrogens is 204 g/mol. The molecule has 3 heteroatoms. The summed E-state index contributed by atoms with van der Waals surface area (Å²) in [5.74, 6) is 2.55. The fourth-order valence-electron chi connectivity index (χ4n) is 3.47. The Morgan fingerprint density at radius 1 is 1.69 bits per heavy atom. The predicted molar refractivity (Wildman–Crippen MR) is 59.6 cm³/mol. The molecule has 0 spiro atoms. The van der Waals surface area contributed by atoms with Gasteiger partial charge in [0.2, 0.25) is 0 Å². The van der Waals surface area contributed by atoms with Crippen molar-refractivity contribution in [3.63, 3.8) is 0 Å². The van der Waals surface area contributed by atoms with Gasteiger partial charge >= 0.3 is 0 Å². The number of ketones is 1. The summed E-state index contributed by atoms with van der Waals surface area (Å²) in [5.41, 5.74) is -0.697. The van der Waals surface area contributed by atoms with Gasteiger partial charge in [0.15, 0.2) is 5.78 Å². The third kappa shape index (κ3) is 1.20. The van der Waals surface area contributed by atoms with Crippen molar-refractivity contribution >= 4 is 5.78 Å². The number of ether oxygens (including phenoxy) is 1. The van der Waals surface area contributed by atoms with Crippen molar-refractivity contribution in [2.45, 2.75) is 37.9 Å². The second kappa shape index (κ2) is 3.87. The van der Waals surface area contributed by atoms with Gasteiger partial charge in [-0.3, -0.25) is 4.79 Å². The van der Waals surface area contributed by atoms with E-state index in [9.17, 15) is 9.90 Å². The molecule has 0 bridgehead atoms. The molecule has 2 fully saturated rings. The molecule has 0 radical (unpaired) electrons. The summed E-state index contributed by atoms with van der Waals surface area (Å²) in [6.07, 6.45) is 6.93. The van der Waals surface area contributed by atoms with E-state index in [0.29, 0.717) is 12.8 Å². The molecule has 0 saturated heterocycles. The first kappa shape index (κ1) is 11.6. The van der Waals surface area contributed by atoms with E-state index in [1.54, 1.807) is 7.11 Å². The van der Waals surface area contributed by atoms with E-state index >= 15 is 0 Å². The quantitative estimate of drug-likeness (QED) is 0.709. The monoisotopic (exact) mass is 222 g/mol. The number of hydrogen-bond acceptors (Lipinski definition) is 3. The maximum atomic E-state index is 12.1. The highest BCUT2D eigenvalue weighted by Gasteiger charge is 2.66. The molecule has 2 saturated carbocycles. The second-order valence-corrected chi connectivity index (χ2v) is 4.80. The molecule has 2 aliphatic rings. The minimum atomic E-state index is -0.697. The van der Waals surface area contributed by atoms with Gasteiger partial charge in [-0.25, -0.2) is 0 Å². The highest BCUT2D eigenvalue weighted by Crippen LogP contribution is 2.55. The van der Waals surface area contributed by atoms with Crippen LogP contribution in [0.15, 0.2) is 0 Å². The molecule has 3 nitrogen and oxygen atoms in total. The Morgan fingerprint density at radius 2 is 2.38 bits per heavy atom. The zero-order chi connectivity index (χ0) is 11.9. The third-order valence-electron chi connectivity index (χ3n) is 4.34. The molecule has 2 rings (SSSR count). The van der Waals surface area contributed by atoms with E-state index in [1.165, 1.54) is 0 Å². The zero-order valence-electron chi connectivity index (χ0n) is 9.77. The lowest BCUT2D eigenvalue weighted by atomic mass is 9.49. The molecule has 0 amide bonds. The fraction of sp³-hybridized carbons (Fsp3) is 0.769. The first-order chi connectivity index (χ1) is 7.62. The zero-order valence-corrected chi connectivity index (χ0v) is 9.77. The van der Waals surface area contributed by atoms with E-state index < -0.39 is 11.7 Å². The lowest BCUT2D eigenvalue weighted by Gasteiger charge is -2.57. The molecule has 0 aromatic rings. The number of carbonyl (C=O) groups excluding carboxylic acids is 1. The smallest absolute Gasteiger partial charge is 0.168 e. The molecule has 5 atom stereocenters. The van der Waals surface area contributed by atoms with Crippen LogP contribution in [0.25, 0.3) is 0 Å². The van der Waals surface area contributed by atoms with Crippen LogP contribution in [0.4, 0.5) is 0 Å². The summed E-state index contributed by atoms with van der Waals surface area (Å²) < 4.78 is 5.45. The number of rotatable bonds is 2. The number of carbonyl (C=O) groups is 1. The molecule has 0 aromatic carbocycles. The van der Waals surface area contributed by atoms with Crippen molar-refractivity contribution in [1.82, 2.24) is 0 Å². The lowest BCUT2D eigenvalue weighted by Crippen LogP contribution is -2.70. The van der Waals surface area contributed by atoms with E-state index in [2.05, 4.69) is 5.92 Å². The molecule has 1 N–H and O–H groups in total. The number of Topliss-reactive ketones (excluding diaryl/α,β-unsaturated/α-hetero) is 1. The highest BCUT2D eigenvalue weighted by molar-refractivity contribution is 5.97. The van der Waals surface area contributed by atoms with Gasteiger partial charge in [-0.2, -0.15) is 0 Å². The summed E-state index contributed by atoms with van der Waals surface area (Å²) in [5, 5.41) is 9.89. The van der Waals surface area contributed by atoms with Crippen molar-refractivity contribution < 1.29 is 14.6 Å². The molecule has 88 valence electrons. The van der Waals surface area contributed by atoms with Crippen LogP contribution in [-0.4, -0.2) is 29.7 Å². The average Bonchev–Trinajstić information content (AvgIpc) is 2.30. The van der Waals surface area contributed by atoms with Crippen molar-refractivity contribution in [2.24, 2.45) is 17.8 Å². The van der Waals surface area contributed by atoms with Gasteiger partial charge in [-0.1, -0.05) is 6.92 Å². The number of aliphatic hydroxyl groups is 1. The van der Waals surface area contributed by atoms with Crippen LogP contribution in [-0.2, 0) is 9.53 Å². The number of methoxy groups -OCH3 is 1. The first-order valence-electron chi connectivity index (χ1n) is 5.86. The van der Waals surface area contributed by atoms with E-state index in [-0.39, 0.29) is 23.5 Å². The Kier molecular flexibility index (Phi) is 2.81. The van der Waals surface area contributed by atoms with Crippen LogP contribution in [0.3, 0.4) is 0 Å². The van der Waals surface area contributed by atoms with Gasteiger partial charge in [0.1, 0.15) is 5.60 Å². The van der Waals surface area contributed by atoms with Crippen molar-refractivity contribution in [3.8, 4) is 12.3 Å². The predicted octanol–water partition coefficient (Wildman–Crippen LogP) is 1.00. The molecule has 16 heavy (non-hydrogen) atoms. The Hall–Kier alpha value is -0.850. The molecule has 5 unspecified atom stereocenters. The Balaban J connectivity index is 2.33. The van der Waals surface area contributed by atoms with Gasteiger partial charge in [0, 0.05) is 18.9 Å². The van der Waals surface area contributed by atoms with Crippen molar-refractivity contribution in [3.05, 3.63) is 0 Å². The number of aliphatic hydroxyl groups excluding tert-OH is 1. The topological polar surface area (TPSA) is 46.5 Å². The van der Waals surface area contributed by atoms with Crippen LogP contribution >= 0.6 is 0 Å². The summed E-state index contributed by atoms with van der Waals surface area (Å²) in [6.45, 7) is 1.98. The summed E-state index contributed by atoms with van der Waals surface area (Å²) >= 11 is 0. The van der Waals surface area contributed by atoms with Crippen LogP contribution in [0, 0.1) is 30.1 Å². The first-order valence-corrected chi connectivity index (χ1v) is 5.86. The van der Waals surface area contributed by atoms with Crippen LogP contribution in [0.5, 0.6) is 0 Å².